The molecule has 0 radical (unpaired) electrons. The molecule has 1 amide bonds. The number of aromatic carboxylic acids is 1. The summed E-state index contributed by atoms with van der Waals surface area (Å²) >= 11 is 6.34. The monoisotopic (exact) mass is 317 g/mol. The summed E-state index contributed by atoms with van der Waals surface area (Å²) in [5, 5.41) is 12.2. The minimum Gasteiger partial charge on any atom is -0.478 e. The second kappa shape index (κ2) is 5.56. The molecule has 0 aliphatic rings. The van der Waals surface area contributed by atoms with Crippen molar-refractivity contribution in [2.45, 2.75) is 0 Å². The van der Waals surface area contributed by atoms with Gasteiger partial charge >= 0.3 is 5.97 Å². The van der Waals surface area contributed by atoms with Gasteiger partial charge in [-0.05, 0) is 23.6 Å². The second-order valence-electron chi connectivity index (χ2n) is 3.67. The van der Waals surface area contributed by atoms with Crippen LogP contribution in [0.3, 0.4) is 0 Å². The maximum atomic E-state index is 13.5. The van der Waals surface area contributed by atoms with Gasteiger partial charge in [0.1, 0.15) is 16.6 Å². The fraction of sp³-hybridized carbons (Fsp3) is 0. The Morgan fingerprint density at radius 1 is 1.20 bits per heavy atom. The number of thiophene rings is 1. The zero-order chi connectivity index (χ0) is 14.9. The van der Waals surface area contributed by atoms with Gasteiger partial charge < -0.3 is 10.4 Å². The van der Waals surface area contributed by atoms with Gasteiger partial charge in [-0.3, -0.25) is 4.79 Å². The summed E-state index contributed by atoms with van der Waals surface area (Å²) in [6.07, 6.45) is 0. The molecule has 1 heterocycles. The highest BCUT2D eigenvalue weighted by Gasteiger charge is 2.19. The zero-order valence-electron chi connectivity index (χ0n) is 9.62. The highest BCUT2D eigenvalue weighted by atomic mass is 35.5. The van der Waals surface area contributed by atoms with Crippen molar-refractivity contribution in [3.63, 3.8) is 0 Å². The van der Waals surface area contributed by atoms with Crippen molar-refractivity contribution in [3.05, 3.63) is 51.4 Å². The SMILES string of the molecule is O=C(Nc1sccc1C(=O)O)c1cc(F)c(Cl)cc1F. The molecule has 0 bridgehead atoms. The number of halogens is 3. The summed E-state index contributed by atoms with van der Waals surface area (Å²) in [5.74, 6) is -4.13. The smallest absolute Gasteiger partial charge is 0.338 e. The van der Waals surface area contributed by atoms with Gasteiger partial charge in [0, 0.05) is 0 Å². The molecule has 0 fully saturated rings. The van der Waals surface area contributed by atoms with Crippen LogP contribution < -0.4 is 5.32 Å². The van der Waals surface area contributed by atoms with Gasteiger partial charge in [0.05, 0.1) is 16.1 Å². The number of carboxylic acid groups (broad SMARTS) is 1. The van der Waals surface area contributed by atoms with Gasteiger partial charge in [-0.1, -0.05) is 11.6 Å². The van der Waals surface area contributed by atoms with Gasteiger partial charge in [0.2, 0.25) is 0 Å². The third-order valence-electron chi connectivity index (χ3n) is 2.38. The Labute approximate surface area is 120 Å². The molecule has 8 heteroatoms. The number of hydrogen-bond acceptors (Lipinski definition) is 3. The van der Waals surface area contributed by atoms with Crippen molar-refractivity contribution in [2.75, 3.05) is 5.32 Å². The van der Waals surface area contributed by atoms with Crippen LogP contribution in [0.15, 0.2) is 23.6 Å². The summed E-state index contributed by atoms with van der Waals surface area (Å²) in [4.78, 5) is 22.7. The van der Waals surface area contributed by atoms with Crippen LogP contribution in [-0.2, 0) is 0 Å². The number of carbonyl (C=O) groups is 2. The summed E-state index contributed by atoms with van der Waals surface area (Å²) in [7, 11) is 0. The average Bonchev–Trinajstić information content (AvgIpc) is 2.81. The van der Waals surface area contributed by atoms with E-state index in [0.29, 0.717) is 12.1 Å². The maximum absolute atomic E-state index is 13.5. The largest absolute Gasteiger partial charge is 0.478 e. The summed E-state index contributed by atoms with van der Waals surface area (Å²) in [6.45, 7) is 0. The predicted octanol–water partition coefficient (Wildman–Crippen LogP) is 3.63. The van der Waals surface area contributed by atoms with Crippen LogP contribution in [0.5, 0.6) is 0 Å². The van der Waals surface area contributed by atoms with Gasteiger partial charge in [-0.2, -0.15) is 0 Å². The summed E-state index contributed by atoms with van der Waals surface area (Å²) < 4.78 is 26.8. The number of hydrogen-bond donors (Lipinski definition) is 2. The van der Waals surface area contributed by atoms with Crippen LogP contribution in [0.4, 0.5) is 13.8 Å². The average molecular weight is 318 g/mol. The molecule has 1 aromatic heterocycles. The molecule has 0 spiro atoms. The molecule has 0 aliphatic heterocycles. The van der Waals surface area contributed by atoms with E-state index in [1.54, 1.807) is 0 Å². The lowest BCUT2D eigenvalue weighted by Gasteiger charge is -2.06. The first-order valence-corrected chi connectivity index (χ1v) is 6.42. The first-order chi connectivity index (χ1) is 9.40. The first-order valence-electron chi connectivity index (χ1n) is 5.17. The van der Waals surface area contributed by atoms with Gasteiger partial charge in [0.15, 0.2) is 0 Å². The third kappa shape index (κ3) is 2.78. The second-order valence-corrected chi connectivity index (χ2v) is 4.99. The Morgan fingerprint density at radius 2 is 1.90 bits per heavy atom. The van der Waals surface area contributed by atoms with E-state index in [1.807, 2.05) is 0 Å². The molecule has 20 heavy (non-hydrogen) atoms. The number of rotatable bonds is 3. The number of anilines is 1. The van der Waals surface area contributed by atoms with Crippen LogP contribution in [0.2, 0.25) is 5.02 Å². The molecule has 2 aromatic rings. The Morgan fingerprint density at radius 3 is 2.55 bits per heavy atom. The summed E-state index contributed by atoms with van der Waals surface area (Å²) in [5.41, 5.74) is -0.685. The predicted molar refractivity (Wildman–Crippen MR) is 70.6 cm³/mol. The Kier molecular flexibility index (Phi) is 4.01. The molecule has 0 unspecified atom stereocenters. The minimum absolute atomic E-state index is 0.0391. The molecule has 0 atom stereocenters. The molecule has 0 aliphatic carbocycles. The fourth-order valence-electron chi connectivity index (χ4n) is 1.44. The molecule has 0 saturated heterocycles. The molecule has 2 N–H and O–H groups in total. The number of carbonyl (C=O) groups excluding carboxylic acids is 1. The molecule has 0 saturated carbocycles. The highest BCUT2D eigenvalue weighted by Crippen LogP contribution is 2.25. The Bertz CT molecular complexity index is 702. The van der Waals surface area contributed by atoms with Crippen LogP contribution in [0, 0.1) is 11.6 Å². The molecular weight excluding hydrogens is 312 g/mol. The number of nitrogens with one attached hydrogen (secondary N) is 1. The molecule has 1 aromatic carbocycles. The van der Waals surface area contributed by atoms with Crippen molar-refractivity contribution in [1.82, 2.24) is 0 Å². The lowest BCUT2D eigenvalue weighted by molar-refractivity contribution is 0.0698. The van der Waals surface area contributed by atoms with Gasteiger partial charge in [-0.15, -0.1) is 11.3 Å². The topological polar surface area (TPSA) is 66.4 Å². The van der Waals surface area contributed by atoms with Crippen molar-refractivity contribution >= 4 is 39.8 Å². The van der Waals surface area contributed by atoms with Gasteiger partial charge in [-0.25, -0.2) is 13.6 Å². The number of amides is 1. The third-order valence-corrected chi connectivity index (χ3v) is 3.50. The molecule has 4 nitrogen and oxygen atoms in total. The number of carboxylic acids is 1. The van der Waals surface area contributed by atoms with Crippen LogP contribution >= 0.6 is 22.9 Å². The Hall–Kier alpha value is -1.99. The minimum atomic E-state index is -1.23. The van der Waals surface area contributed by atoms with Crippen molar-refractivity contribution < 1.29 is 23.5 Å². The molecular formula is C12H6ClF2NO3S. The first kappa shape index (κ1) is 14.4. The maximum Gasteiger partial charge on any atom is 0.338 e. The quantitative estimate of drug-likeness (QED) is 0.849. The van der Waals surface area contributed by atoms with Crippen molar-refractivity contribution in [2.24, 2.45) is 0 Å². The Balaban J connectivity index is 2.31. The standard InChI is InChI=1S/C12H6ClF2NO3S/c13-7-4-8(14)6(3-9(7)15)10(17)16-11-5(12(18)19)1-2-20-11/h1-4H,(H,16,17)(H,18,19). The van der Waals surface area contributed by atoms with Crippen LogP contribution in [0.1, 0.15) is 20.7 Å². The summed E-state index contributed by atoms with van der Waals surface area (Å²) in [6, 6.07) is 2.63. The van der Waals surface area contributed by atoms with Gasteiger partial charge in [0.25, 0.3) is 5.91 Å². The van der Waals surface area contributed by atoms with E-state index in [9.17, 15) is 18.4 Å². The van der Waals surface area contributed by atoms with E-state index in [0.717, 1.165) is 11.3 Å². The van der Waals surface area contributed by atoms with Crippen molar-refractivity contribution in [3.8, 4) is 0 Å². The highest BCUT2D eigenvalue weighted by molar-refractivity contribution is 7.14. The van der Waals surface area contributed by atoms with E-state index in [1.165, 1.54) is 11.4 Å². The molecule has 2 rings (SSSR count). The van der Waals surface area contributed by atoms with E-state index in [2.05, 4.69) is 5.32 Å². The van der Waals surface area contributed by atoms with Crippen LogP contribution in [0.25, 0.3) is 0 Å². The van der Waals surface area contributed by atoms with E-state index < -0.39 is 34.1 Å². The lowest BCUT2D eigenvalue weighted by atomic mass is 10.2. The van der Waals surface area contributed by atoms with Crippen LogP contribution in [-0.4, -0.2) is 17.0 Å². The van der Waals surface area contributed by atoms with Crippen molar-refractivity contribution in [1.29, 1.82) is 0 Å². The normalized spacial score (nSPS) is 10.3. The fourth-order valence-corrected chi connectivity index (χ4v) is 2.37. The van der Waals surface area contributed by atoms with E-state index in [-0.39, 0.29) is 10.6 Å². The molecule has 104 valence electrons. The number of benzene rings is 1. The lowest BCUT2D eigenvalue weighted by Crippen LogP contribution is -2.15. The van der Waals surface area contributed by atoms with E-state index in [4.69, 9.17) is 16.7 Å². The zero-order valence-corrected chi connectivity index (χ0v) is 11.2. The van der Waals surface area contributed by atoms with E-state index >= 15 is 0 Å².